The Hall–Kier alpha value is -3.39. The van der Waals surface area contributed by atoms with Crippen LogP contribution in [-0.4, -0.2) is 56.7 Å². The van der Waals surface area contributed by atoms with Crippen molar-refractivity contribution in [1.29, 1.82) is 0 Å². The average Bonchev–Trinajstić information content (AvgIpc) is 3.35. The van der Waals surface area contributed by atoms with E-state index >= 15 is 0 Å². The minimum Gasteiger partial charge on any atom is -0.459 e. The molecule has 0 N–H and O–H groups in total. The Morgan fingerprint density at radius 1 is 1.03 bits per heavy atom. The number of amides is 1. The maximum Gasteiger partial charge on any atom is 0.289 e. The minimum atomic E-state index is -0.0800. The van der Waals surface area contributed by atoms with Crippen molar-refractivity contribution < 1.29 is 9.21 Å². The maximum atomic E-state index is 12.7. The summed E-state index contributed by atoms with van der Waals surface area (Å²) in [6.07, 6.45) is 2.35. The largest absolute Gasteiger partial charge is 0.459 e. The zero-order valence-electron chi connectivity index (χ0n) is 18.0. The third-order valence-corrected chi connectivity index (χ3v) is 6.01. The first-order chi connectivity index (χ1) is 15.5. The van der Waals surface area contributed by atoms with Gasteiger partial charge in [0.05, 0.1) is 28.1 Å². The Balaban J connectivity index is 1.51. The monoisotopic (exact) mass is 450 g/mol. The van der Waals surface area contributed by atoms with Gasteiger partial charge >= 0.3 is 0 Å². The molecule has 8 nitrogen and oxygen atoms in total. The van der Waals surface area contributed by atoms with Crippen LogP contribution in [0.25, 0.3) is 16.7 Å². The lowest BCUT2D eigenvalue weighted by Crippen LogP contribution is -2.35. The van der Waals surface area contributed by atoms with Crippen molar-refractivity contribution in [3.8, 4) is 5.69 Å². The van der Waals surface area contributed by atoms with E-state index in [0.29, 0.717) is 36.2 Å². The van der Waals surface area contributed by atoms with E-state index in [2.05, 4.69) is 4.90 Å². The molecule has 1 aliphatic heterocycles. The molecule has 9 heteroatoms. The molecule has 5 rings (SSSR count). The Bertz CT molecular complexity index is 1280. The Morgan fingerprint density at radius 3 is 2.66 bits per heavy atom. The van der Waals surface area contributed by atoms with Gasteiger partial charge in [-0.2, -0.15) is 5.10 Å². The van der Waals surface area contributed by atoms with E-state index in [4.69, 9.17) is 31.1 Å². The van der Waals surface area contributed by atoms with Gasteiger partial charge in [0.2, 0.25) is 0 Å². The highest BCUT2D eigenvalue weighted by atomic mass is 35.5. The van der Waals surface area contributed by atoms with Crippen LogP contribution < -0.4 is 4.90 Å². The van der Waals surface area contributed by atoms with Crippen LogP contribution in [0.3, 0.4) is 0 Å². The van der Waals surface area contributed by atoms with Crippen LogP contribution in [0.1, 0.15) is 28.5 Å². The summed E-state index contributed by atoms with van der Waals surface area (Å²) in [5.41, 5.74) is 2.34. The molecule has 164 valence electrons. The first-order valence-corrected chi connectivity index (χ1v) is 11.0. The van der Waals surface area contributed by atoms with E-state index in [1.54, 1.807) is 16.8 Å². The number of halogens is 1. The number of para-hydroxylation sites is 1. The number of furan rings is 1. The highest BCUT2D eigenvalue weighted by Gasteiger charge is 2.26. The summed E-state index contributed by atoms with van der Waals surface area (Å²) in [6.45, 7) is 6.54. The molecule has 1 saturated heterocycles. The van der Waals surface area contributed by atoms with Crippen molar-refractivity contribution in [2.75, 3.05) is 31.1 Å². The summed E-state index contributed by atoms with van der Waals surface area (Å²) in [7, 11) is 0. The van der Waals surface area contributed by atoms with E-state index < -0.39 is 0 Å². The predicted molar refractivity (Wildman–Crippen MR) is 123 cm³/mol. The fraction of sp³-hybridized carbons (Fsp3) is 0.304. The van der Waals surface area contributed by atoms with Crippen LogP contribution >= 0.6 is 11.6 Å². The summed E-state index contributed by atoms with van der Waals surface area (Å²) in [5, 5.41) is 6.26. The molecule has 1 fully saturated rings. The van der Waals surface area contributed by atoms with E-state index in [0.717, 1.165) is 41.2 Å². The van der Waals surface area contributed by atoms with Crippen molar-refractivity contribution in [3.05, 3.63) is 65.0 Å². The number of hydrogen-bond acceptors (Lipinski definition) is 6. The molecule has 32 heavy (non-hydrogen) atoms. The van der Waals surface area contributed by atoms with E-state index in [9.17, 15) is 4.79 Å². The quantitative estimate of drug-likeness (QED) is 0.468. The molecule has 0 radical (unpaired) electrons. The van der Waals surface area contributed by atoms with Crippen molar-refractivity contribution in [1.82, 2.24) is 24.6 Å². The zero-order valence-corrected chi connectivity index (χ0v) is 18.7. The topological polar surface area (TPSA) is 80.3 Å². The van der Waals surface area contributed by atoms with E-state index in [1.165, 1.54) is 6.26 Å². The molecular weight excluding hydrogens is 428 g/mol. The third kappa shape index (κ3) is 3.60. The predicted octanol–water partition coefficient (Wildman–Crippen LogP) is 4.03. The normalized spacial score (nSPS) is 14.7. The number of fused-ring (bicyclic) bond motifs is 1. The first-order valence-electron chi connectivity index (χ1n) is 10.6. The van der Waals surface area contributed by atoms with Crippen molar-refractivity contribution in [2.45, 2.75) is 20.3 Å². The van der Waals surface area contributed by atoms with Gasteiger partial charge in [0.1, 0.15) is 11.6 Å². The summed E-state index contributed by atoms with van der Waals surface area (Å²) in [4.78, 5) is 26.3. The summed E-state index contributed by atoms with van der Waals surface area (Å²) in [6, 6.07) is 11.0. The number of anilines is 1. The number of carbonyl (C=O) groups excluding carboxylic acids is 1. The number of aromatic nitrogens is 4. The van der Waals surface area contributed by atoms with E-state index in [1.807, 2.05) is 43.0 Å². The van der Waals surface area contributed by atoms with Gasteiger partial charge < -0.3 is 14.2 Å². The van der Waals surface area contributed by atoms with Gasteiger partial charge in [-0.05, 0) is 44.5 Å². The van der Waals surface area contributed by atoms with Crippen LogP contribution in [0.15, 0.2) is 47.1 Å². The maximum absolute atomic E-state index is 12.7. The lowest BCUT2D eigenvalue weighted by atomic mass is 10.2. The number of hydrogen-bond donors (Lipinski definition) is 0. The number of carbonyl (C=O) groups is 1. The Labute approximate surface area is 190 Å². The molecule has 3 aromatic heterocycles. The highest BCUT2D eigenvalue weighted by molar-refractivity contribution is 6.32. The van der Waals surface area contributed by atoms with Crippen LogP contribution in [0.2, 0.25) is 5.02 Å². The molecule has 0 bridgehead atoms. The zero-order chi connectivity index (χ0) is 22.2. The van der Waals surface area contributed by atoms with Crippen LogP contribution in [0.5, 0.6) is 0 Å². The molecule has 4 aromatic rings. The van der Waals surface area contributed by atoms with Gasteiger partial charge in [0.25, 0.3) is 5.91 Å². The summed E-state index contributed by atoms with van der Waals surface area (Å²) >= 11 is 6.45. The molecule has 4 heterocycles. The smallest absolute Gasteiger partial charge is 0.289 e. The fourth-order valence-electron chi connectivity index (χ4n) is 4.18. The van der Waals surface area contributed by atoms with Crippen LogP contribution in [-0.2, 0) is 0 Å². The molecule has 1 aromatic carbocycles. The first kappa shape index (κ1) is 20.5. The number of rotatable bonds is 3. The van der Waals surface area contributed by atoms with Gasteiger partial charge in [-0.25, -0.2) is 14.6 Å². The van der Waals surface area contributed by atoms with Crippen molar-refractivity contribution in [2.24, 2.45) is 0 Å². The lowest BCUT2D eigenvalue weighted by molar-refractivity contribution is 0.0735. The summed E-state index contributed by atoms with van der Waals surface area (Å²) in [5.74, 6) is 1.79. The minimum absolute atomic E-state index is 0.0800. The Morgan fingerprint density at radius 2 is 1.88 bits per heavy atom. The third-order valence-electron chi connectivity index (χ3n) is 5.69. The second-order valence-electron chi connectivity index (χ2n) is 7.85. The molecule has 0 unspecified atom stereocenters. The van der Waals surface area contributed by atoms with Crippen LogP contribution in [0, 0.1) is 13.8 Å². The van der Waals surface area contributed by atoms with Gasteiger partial charge in [0, 0.05) is 26.2 Å². The van der Waals surface area contributed by atoms with Gasteiger partial charge in [0.15, 0.2) is 11.4 Å². The Kier molecular flexibility index (Phi) is 5.30. The SMILES string of the molecule is Cc1nc(N2CCCN(C(=O)c3ccco3)CC2)c2c(C)nn(-c3ccccc3Cl)c2n1. The van der Waals surface area contributed by atoms with Crippen molar-refractivity contribution in [3.63, 3.8) is 0 Å². The molecule has 1 amide bonds. The standard InChI is InChI=1S/C23H23ClN6O2/c1-15-20-21(28-10-6-11-29(13-12-28)23(31)19-9-5-14-32-19)25-16(2)26-22(20)30(27-15)18-8-4-3-7-17(18)24/h3-5,7-9,14H,6,10-13H2,1-2H3. The molecule has 0 saturated carbocycles. The lowest BCUT2D eigenvalue weighted by Gasteiger charge is -2.23. The summed E-state index contributed by atoms with van der Waals surface area (Å²) < 4.78 is 7.08. The molecule has 0 aliphatic carbocycles. The fourth-order valence-corrected chi connectivity index (χ4v) is 4.39. The van der Waals surface area contributed by atoms with E-state index in [-0.39, 0.29) is 5.91 Å². The number of aryl methyl sites for hydroxylation is 2. The second-order valence-corrected chi connectivity index (χ2v) is 8.26. The van der Waals surface area contributed by atoms with Crippen molar-refractivity contribution >= 4 is 34.4 Å². The molecule has 0 atom stereocenters. The second kappa shape index (κ2) is 8.27. The number of nitrogens with zero attached hydrogens (tertiary/aromatic N) is 6. The molecule has 1 aliphatic rings. The van der Waals surface area contributed by atoms with Gasteiger partial charge in [-0.15, -0.1) is 0 Å². The van der Waals surface area contributed by atoms with Gasteiger partial charge in [-0.3, -0.25) is 4.79 Å². The highest BCUT2D eigenvalue weighted by Crippen LogP contribution is 2.31. The average molecular weight is 451 g/mol. The van der Waals surface area contributed by atoms with Crippen LogP contribution in [0.4, 0.5) is 5.82 Å². The number of benzene rings is 1. The molecular formula is C23H23ClN6O2. The molecule has 0 spiro atoms. The van der Waals surface area contributed by atoms with Gasteiger partial charge in [-0.1, -0.05) is 23.7 Å².